The molecular weight excluding hydrogens is 403 g/mol. The van der Waals surface area contributed by atoms with Crippen LogP contribution in [0.4, 0.5) is 24.1 Å². The lowest BCUT2D eigenvalue weighted by atomic mass is 10.0. The highest BCUT2D eigenvalue weighted by Crippen LogP contribution is 2.40. The Bertz CT molecular complexity index is 1020. The molecule has 10 heteroatoms. The highest BCUT2D eigenvalue weighted by Gasteiger charge is 2.37. The smallest absolute Gasteiger partial charge is 0.421 e. The number of nitrogens with one attached hydrogen (secondary N) is 1. The van der Waals surface area contributed by atoms with Crippen LogP contribution in [-0.2, 0) is 6.18 Å². The third-order valence-electron chi connectivity index (χ3n) is 4.33. The van der Waals surface area contributed by atoms with E-state index < -0.39 is 11.7 Å². The van der Waals surface area contributed by atoms with Crippen LogP contribution in [-0.4, -0.2) is 25.4 Å². The first-order valence-corrected chi connectivity index (χ1v) is 9.88. The summed E-state index contributed by atoms with van der Waals surface area (Å²) in [4.78, 5) is 12.6. The zero-order chi connectivity index (χ0) is 20.6. The van der Waals surface area contributed by atoms with Gasteiger partial charge in [0.1, 0.15) is 22.8 Å². The molecule has 0 radical (unpaired) electrons. The summed E-state index contributed by atoms with van der Waals surface area (Å²) in [6, 6.07) is 5.09. The molecule has 4 rings (SSSR count). The molecular formula is C19H18F3N5OS. The second-order valence-corrected chi connectivity index (χ2v) is 7.78. The third-order valence-corrected chi connectivity index (χ3v) is 4.96. The number of hydrogen-bond acceptors (Lipinski definition) is 7. The van der Waals surface area contributed by atoms with Crippen molar-refractivity contribution in [1.82, 2.24) is 19.3 Å². The van der Waals surface area contributed by atoms with Crippen LogP contribution < -0.4 is 10.1 Å². The Hall–Kier alpha value is -2.75. The molecule has 0 aliphatic heterocycles. The van der Waals surface area contributed by atoms with Gasteiger partial charge in [-0.2, -0.15) is 22.5 Å². The van der Waals surface area contributed by atoms with Crippen LogP contribution in [0.5, 0.6) is 5.75 Å². The third kappa shape index (κ3) is 4.47. The Morgan fingerprint density at radius 3 is 2.72 bits per heavy atom. The minimum Gasteiger partial charge on any atom is -0.490 e. The maximum atomic E-state index is 13.2. The Morgan fingerprint density at radius 1 is 1.24 bits per heavy atom. The number of alkyl halides is 3. The van der Waals surface area contributed by atoms with Gasteiger partial charge in [-0.3, -0.25) is 4.98 Å². The van der Waals surface area contributed by atoms with Gasteiger partial charge < -0.3 is 10.1 Å². The van der Waals surface area contributed by atoms with Crippen molar-refractivity contribution in [1.29, 1.82) is 0 Å². The van der Waals surface area contributed by atoms with E-state index in [1.54, 1.807) is 6.20 Å². The van der Waals surface area contributed by atoms with Gasteiger partial charge in [-0.1, -0.05) is 19.9 Å². The van der Waals surface area contributed by atoms with Gasteiger partial charge >= 0.3 is 6.18 Å². The van der Waals surface area contributed by atoms with E-state index in [1.807, 2.05) is 12.1 Å². The summed E-state index contributed by atoms with van der Waals surface area (Å²) in [5.74, 6) is 0.927. The lowest BCUT2D eigenvalue weighted by molar-refractivity contribution is -0.139. The number of pyridine rings is 2. The molecule has 0 bridgehead atoms. The van der Waals surface area contributed by atoms with E-state index in [9.17, 15) is 13.2 Å². The first-order chi connectivity index (χ1) is 13.8. The Balaban J connectivity index is 1.61. The van der Waals surface area contributed by atoms with Crippen LogP contribution in [0.25, 0.3) is 11.5 Å². The molecule has 0 atom stereocenters. The highest BCUT2D eigenvalue weighted by atomic mass is 32.1. The number of ether oxygens (including phenoxy) is 1. The predicted octanol–water partition coefficient (Wildman–Crippen LogP) is 5.42. The van der Waals surface area contributed by atoms with Crippen LogP contribution >= 0.6 is 11.5 Å². The molecule has 3 heterocycles. The van der Waals surface area contributed by atoms with Crippen LogP contribution in [0.3, 0.4) is 0 Å². The minimum atomic E-state index is -4.54. The van der Waals surface area contributed by atoms with E-state index in [0.717, 1.165) is 36.1 Å². The number of hydrogen-bond donors (Lipinski definition) is 1. The zero-order valence-corrected chi connectivity index (χ0v) is 16.5. The molecule has 0 amide bonds. The summed E-state index contributed by atoms with van der Waals surface area (Å²) in [6.07, 6.45) is -0.762. The quantitative estimate of drug-likeness (QED) is 0.573. The lowest BCUT2D eigenvalue weighted by Gasteiger charge is -2.13. The van der Waals surface area contributed by atoms with Crippen molar-refractivity contribution >= 4 is 22.5 Å². The topological polar surface area (TPSA) is 72.8 Å². The van der Waals surface area contributed by atoms with Crippen molar-refractivity contribution in [2.75, 3.05) is 5.32 Å². The summed E-state index contributed by atoms with van der Waals surface area (Å²) >= 11 is 1.09. The summed E-state index contributed by atoms with van der Waals surface area (Å²) in [5, 5.41) is 3.61. The average Bonchev–Trinajstić information content (AvgIpc) is 3.36. The summed E-state index contributed by atoms with van der Waals surface area (Å²) in [7, 11) is 0. The molecule has 0 saturated heterocycles. The SMILES string of the molecule is CC(C)c1cccnc1Nc1nc(-c2cc(OC3CC3)c(C(F)(F)F)cn2)ns1. The molecule has 29 heavy (non-hydrogen) atoms. The molecule has 1 aliphatic rings. The van der Waals surface area contributed by atoms with Gasteiger partial charge in [0, 0.05) is 30.0 Å². The average molecular weight is 421 g/mol. The molecule has 1 N–H and O–H groups in total. The minimum absolute atomic E-state index is 0.175. The fraction of sp³-hybridized carbons (Fsp3) is 0.368. The molecule has 1 fully saturated rings. The molecule has 152 valence electrons. The molecule has 0 spiro atoms. The van der Waals surface area contributed by atoms with Gasteiger partial charge in [0.2, 0.25) is 5.13 Å². The van der Waals surface area contributed by atoms with Crippen molar-refractivity contribution in [2.24, 2.45) is 0 Å². The molecule has 1 aliphatic carbocycles. The molecule has 3 aromatic rings. The van der Waals surface area contributed by atoms with E-state index in [0.29, 0.717) is 10.9 Å². The molecule has 1 saturated carbocycles. The van der Waals surface area contributed by atoms with Gasteiger partial charge in [-0.15, -0.1) is 0 Å². The molecule has 0 unspecified atom stereocenters. The van der Waals surface area contributed by atoms with Crippen LogP contribution in [0, 0.1) is 0 Å². The van der Waals surface area contributed by atoms with Gasteiger partial charge in [-0.25, -0.2) is 4.98 Å². The lowest BCUT2D eigenvalue weighted by Crippen LogP contribution is -2.10. The van der Waals surface area contributed by atoms with Gasteiger partial charge in [0.25, 0.3) is 0 Å². The van der Waals surface area contributed by atoms with Gasteiger partial charge in [0.05, 0.1) is 6.10 Å². The first kappa shape index (κ1) is 19.6. The van der Waals surface area contributed by atoms with E-state index in [2.05, 4.69) is 38.5 Å². The van der Waals surface area contributed by atoms with Crippen molar-refractivity contribution in [3.05, 3.63) is 41.7 Å². The van der Waals surface area contributed by atoms with E-state index >= 15 is 0 Å². The fourth-order valence-corrected chi connectivity index (χ4v) is 3.28. The zero-order valence-electron chi connectivity index (χ0n) is 15.7. The number of anilines is 2. The van der Waals surface area contributed by atoms with Crippen LogP contribution in [0.15, 0.2) is 30.6 Å². The summed E-state index contributed by atoms with van der Waals surface area (Å²) in [6.45, 7) is 4.11. The maximum absolute atomic E-state index is 13.2. The maximum Gasteiger partial charge on any atom is 0.421 e. The van der Waals surface area contributed by atoms with Crippen LogP contribution in [0.2, 0.25) is 0 Å². The van der Waals surface area contributed by atoms with Gasteiger partial charge in [0.15, 0.2) is 5.82 Å². The normalized spacial score (nSPS) is 14.3. The standard InChI is InChI=1S/C19H18F3N5OS/c1-10(2)12-4-3-7-23-16(12)25-18-26-17(27-29-18)14-8-15(28-11-5-6-11)13(9-24-14)19(20,21)22/h3-4,7-11H,5-6H2,1-2H3,(H,23,25,26,27). The monoisotopic (exact) mass is 421 g/mol. The highest BCUT2D eigenvalue weighted by molar-refractivity contribution is 7.09. The number of halogens is 3. The summed E-state index contributed by atoms with van der Waals surface area (Å²) in [5.41, 5.74) is 0.358. The Labute approximate surface area is 169 Å². The number of nitrogens with zero attached hydrogens (tertiary/aromatic N) is 4. The number of rotatable bonds is 6. The second-order valence-electron chi connectivity index (χ2n) is 7.02. The molecule has 0 aromatic carbocycles. The first-order valence-electron chi connectivity index (χ1n) is 9.11. The molecule has 3 aromatic heterocycles. The van der Waals surface area contributed by atoms with Crippen LogP contribution in [0.1, 0.15) is 43.7 Å². The number of aromatic nitrogens is 4. The fourth-order valence-electron chi connectivity index (χ4n) is 2.70. The molecule has 6 nitrogen and oxygen atoms in total. The van der Waals surface area contributed by atoms with E-state index in [-0.39, 0.29) is 29.3 Å². The predicted molar refractivity (Wildman–Crippen MR) is 103 cm³/mol. The largest absolute Gasteiger partial charge is 0.490 e. The van der Waals surface area contributed by atoms with E-state index in [1.165, 1.54) is 6.07 Å². The Kier molecular flexibility index (Phi) is 5.12. The van der Waals surface area contributed by atoms with Gasteiger partial charge in [-0.05, 0) is 30.4 Å². The van der Waals surface area contributed by atoms with Crippen molar-refractivity contribution in [3.8, 4) is 17.3 Å². The summed E-state index contributed by atoms with van der Waals surface area (Å²) < 4.78 is 49.4. The second kappa shape index (κ2) is 7.58. The van der Waals surface area contributed by atoms with Crippen molar-refractivity contribution < 1.29 is 17.9 Å². The Morgan fingerprint density at radius 2 is 2.03 bits per heavy atom. The van der Waals surface area contributed by atoms with Crippen molar-refractivity contribution in [3.63, 3.8) is 0 Å². The van der Waals surface area contributed by atoms with E-state index in [4.69, 9.17) is 4.74 Å². The van der Waals surface area contributed by atoms with Crippen molar-refractivity contribution in [2.45, 2.75) is 44.9 Å².